The summed E-state index contributed by atoms with van der Waals surface area (Å²) >= 11 is 0. The molecular weight excluding hydrogens is 636 g/mol. The third-order valence-electron chi connectivity index (χ3n) is 7.70. The summed E-state index contributed by atoms with van der Waals surface area (Å²) in [5.41, 5.74) is 1.05. The van der Waals surface area contributed by atoms with Gasteiger partial charge in [-0.15, -0.1) is 0 Å². The minimum Gasteiger partial charge on any atom is -0.487 e. The summed E-state index contributed by atoms with van der Waals surface area (Å²) < 4.78 is 59.2. The molecule has 1 aromatic carbocycles. The average molecular weight is 689 g/mol. The van der Waals surface area contributed by atoms with Gasteiger partial charge in [0.25, 0.3) is 0 Å². The smallest absolute Gasteiger partial charge is 0.422 e. The first-order valence-corrected chi connectivity index (χ1v) is 18.5. The van der Waals surface area contributed by atoms with E-state index in [1.807, 2.05) is 0 Å². The number of hydrogen-bond acceptors (Lipinski definition) is 6. The number of unbranched alkanes of at least 4 members (excludes halogenated alkanes) is 12. The third kappa shape index (κ3) is 20.3. The van der Waals surface area contributed by atoms with Gasteiger partial charge in [-0.3, -0.25) is 14.3 Å². The summed E-state index contributed by atoms with van der Waals surface area (Å²) in [5.74, 6) is 0.176. The normalized spacial score (nSPS) is 13.3. The van der Waals surface area contributed by atoms with Crippen LogP contribution in [0.1, 0.15) is 108 Å². The monoisotopic (exact) mass is 688 g/mol. The summed E-state index contributed by atoms with van der Waals surface area (Å²) in [6.45, 7) is 0.786. The zero-order chi connectivity index (χ0) is 34.5. The van der Waals surface area contributed by atoms with Crippen LogP contribution in [0.2, 0.25) is 0 Å². The lowest BCUT2D eigenvalue weighted by Gasteiger charge is -2.25. The Balaban J connectivity index is 1.78. The maximum atomic E-state index is 12.7. The largest absolute Gasteiger partial charge is 0.487 e. The van der Waals surface area contributed by atoms with Crippen molar-refractivity contribution in [3.05, 3.63) is 53.9 Å². The molecule has 0 fully saturated rings. The predicted molar refractivity (Wildman–Crippen MR) is 175 cm³/mol. The molecule has 9 nitrogen and oxygen atoms in total. The maximum absolute atomic E-state index is 12.7. The molecule has 1 aromatic heterocycles. The molecule has 0 aliphatic carbocycles. The van der Waals surface area contributed by atoms with Crippen molar-refractivity contribution in [2.24, 2.45) is 0 Å². The van der Waals surface area contributed by atoms with E-state index in [1.165, 1.54) is 76.1 Å². The molecule has 0 bridgehead atoms. The van der Waals surface area contributed by atoms with Gasteiger partial charge in [-0.25, -0.2) is 0 Å². The second-order valence-electron chi connectivity index (χ2n) is 12.1. The van der Waals surface area contributed by atoms with Gasteiger partial charge in [0, 0.05) is 18.7 Å². The van der Waals surface area contributed by atoms with Crippen molar-refractivity contribution in [1.82, 2.24) is 10.3 Å². The Kier molecular flexibility index (Phi) is 19.0. The average Bonchev–Trinajstić information content (AvgIpc) is 3.00. The van der Waals surface area contributed by atoms with E-state index in [1.54, 1.807) is 24.3 Å². The first kappa shape index (κ1) is 40.5. The molecule has 266 valence electrons. The molecule has 13 heteroatoms. The van der Waals surface area contributed by atoms with Gasteiger partial charge < -0.3 is 29.7 Å². The van der Waals surface area contributed by atoms with Crippen molar-refractivity contribution in [2.75, 3.05) is 12.8 Å². The van der Waals surface area contributed by atoms with E-state index in [0.717, 1.165) is 19.3 Å². The van der Waals surface area contributed by atoms with Crippen LogP contribution in [0.3, 0.4) is 0 Å². The zero-order valence-electron chi connectivity index (χ0n) is 27.4. The van der Waals surface area contributed by atoms with Crippen LogP contribution in [-0.2, 0) is 22.4 Å². The van der Waals surface area contributed by atoms with Gasteiger partial charge in [0.05, 0.1) is 24.0 Å². The molecule has 1 amide bonds. The Hall–Kier alpha value is -2.66. The van der Waals surface area contributed by atoms with E-state index >= 15 is 0 Å². The molecule has 1 heterocycles. The lowest BCUT2D eigenvalue weighted by Crippen LogP contribution is -2.46. The molecule has 2 atom stereocenters. The number of nitrogens with one attached hydrogen (secondary N) is 1. The molecule has 0 saturated heterocycles. The highest BCUT2D eigenvalue weighted by Gasteiger charge is 2.29. The van der Waals surface area contributed by atoms with E-state index in [4.69, 9.17) is 9.47 Å². The highest BCUT2D eigenvalue weighted by atomic mass is 31.2. The van der Waals surface area contributed by atoms with Gasteiger partial charge in [-0.05, 0) is 36.6 Å². The first-order valence-electron chi connectivity index (χ1n) is 16.7. The number of aliphatic hydroxyl groups is 1. The number of hydrogen-bond donors (Lipinski definition) is 4. The number of pyridine rings is 1. The van der Waals surface area contributed by atoms with Crippen LogP contribution in [0.5, 0.6) is 11.5 Å². The Morgan fingerprint density at radius 3 is 2.00 bits per heavy atom. The van der Waals surface area contributed by atoms with Crippen LogP contribution in [0.15, 0.2) is 42.6 Å². The highest BCUT2D eigenvalue weighted by Crippen LogP contribution is 2.36. The Labute approximate surface area is 276 Å². The van der Waals surface area contributed by atoms with Gasteiger partial charge in [-0.2, -0.15) is 13.2 Å². The second kappa shape index (κ2) is 22.1. The lowest BCUT2D eigenvalue weighted by atomic mass is 10.0. The van der Waals surface area contributed by atoms with Crippen molar-refractivity contribution in [2.45, 2.75) is 128 Å². The molecular formula is C34H52F3N2O7P. The van der Waals surface area contributed by atoms with E-state index in [2.05, 4.69) is 17.2 Å². The fourth-order valence-electron chi connectivity index (χ4n) is 5.16. The van der Waals surface area contributed by atoms with Crippen molar-refractivity contribution >= 4 is 13.5 Å². The minimum atomic E-state index is -4.53. The quantitative estimate of drug-likeness (QED) is 0.0617. The molecule has 0 saturated carbocycles. The minimum absolute atomic E-state index is 0.0160. The lowest BCUT2D eigenvalue weighted by molar-refractivity contribution is -0.153. The number of benzene rings is 1. The Morgan fingerprint density at radius 1 is 0.872 bits per heavy atom. The molecule has 0 spiro atoms. The van der Waals surface area contributed by atoms with Gasteiger partial charge in [-0.1, -0.05) is 96.1 Å². The van der Waals surface area contributed by atoms with Crippen LogP contribution < -0.4 is 14.8 Å². The third-order valence-corrected chi connectivity index (χ3v) is 8.55. The summed E-state index contributed by atoms with van der Waals surface area (Å²) in [4.78, 5) is 35.6. The number of alkyl halides is 3. The summed E-state index contributed by atoms with van der Waals surface area (Å²) in [6.07, 6.45) is 10.5. The molecule has 0 unspecified atom stereocenters. The molecule has 2 rings (SSSR count). The predicted octanol–water partition coefficient (Wildman–Crippen LogP) is 7.65. The van der Waals surface area contributed by atoms with Crippen molar-refractivity contribution in [1.29, 1.82) is 0 Å². The summed E-state index contributed by atoms with van der Waals surface area (Å²) in [6, 6.07) is 8.44. The van der Waals surface area contributed by atoms with Crippen LogP contribution >= 0.6 is 7.60 Å². The van der Waals surface area contributed by atoms with Gasteiger partial charge in [0.1, 0.15) is 18.1 Å². The van der Waals surface area contributed by atoms with Crippen molar-refractivity contribution in [3.63, 3.8) is 0 Å². The molecule has 0 radical (unpaired) electrons. The number of aliphatic hydroxyl groups excluding tert-OH is 1. The maximum Gasteiger partial charge on any atom is 0.422 e. The standard InChI is InChI=1S/C34H52F3N2O7P/c1-2-3-4-5-6-7-8-9-10-11-12-13-14-15-33(41)39-31(32(40)25-47(42,43)44)22-27-16-18-29(19-17-27)45-24-28-23-30(20-21-38-28)46-26-34(35,36)37/h16-21,23,31-32,40H,2-15,22,24-26H2,1H3,(H,39,41)(H2,42,43,44)/t31-,32+/m0/s1. The molecule has 4 N–H and O–H groups in total. The van der Waals surface area contributed by atoms with Crippen LogP contribution in [0.4, 0.5) is 13.2 Å². The number of rotatable bonds is 25. The number of amides is 1. The Bertz CT molecular complexity index is 1190. The number of halogens is 3. The number of carbonyl (C=O) groups excluding carboxylic acids is 1. The van der Waals surface area contributed by atoms with Gasteiger partial charge in [0.15, 0.2) is 6.61 Å². The van der Waals surface area contributed by atoms with Gasteiger partial charge in [0.2, 0.25) is 5.91 Å². The topological polar surface area (TPSA) is 138 Å². The fraction of sp³-hybridized carbons (Fsp3) is 0.647. The fourth-order valence-corrected chi connectivity index (χ4v) is 5.90. The van der Waals surface area contributed by atoms with E-state index in [9.17, 15) is 37.4 Å². The zero-order valence-corrected chi connectivity index (χ0v) is 28.3. The van der Waals surface area contributed by atoms with Crippen LogP contribution in [0, 0.1) is 0 Å². The first-order chi connectivity index (χ1) is 22.3. The summed E-state index contributed by atoms with van der Waals surface area (Å²) in [5, 5.41) is 13.4. The van der Waals surface area contributed by atoms with E-state index in [-0.39, 0.29) is 31.1 Å². The van der Waals surface area contributed by atoms with E-state index < -0.39 is 38.7 Å². The number of nitrogens with zero attached hydrogens (tertiary/aromatic N) is 1. The Morgan fingerprint density at radius 2 is 1.45 bits per heavy atom. The summed E-state index contributed by atoms with van der Waals surface area (Å²) in [7, 11) is -4.53. The molecule has 0 aliphatic heterocycles. The van der Waals surface area contributed by atoms with E-state index in [0.29, 0.717) is 23.4 Å². The van der Waals surface area contributed by atoms with Gasteiger partial charge >= 0.3 is 13.8 Å². The van der Waals surface area contributed by atoms with Crippen LogP contribution in [0.25, 0.3) is 0 Å². The molecule has 2 aromatic rings. The van der Waals surface area contributed by atoms with Crippen LogP contribution in [-0.4, -0.2) is 56.9 Å². The number of carbonyl (C=O) groups is 1. The molecule has 47 heavy (non-hydrogen) atoms. The van der Waals surface area contributed by atoms with Crippen molar-refractivity contribution < 1.29 is 46.9 Å². The SMILES string of the molecule is CCCCCCCCCCCCCCCC(=O)N[C@@H](Cc1ccc(OCc2cc(OCC(F)(F)F)ccn2)cc1)[C@H](O)CP(=O)(O)O. The molecule has 0 aliphatic rings. The van der Waals surface area contributed by atoms with Crippen molar-refractivity contribution in [3.8, 4) is 11.5 Å². The highest BCUT2D eigenvalue weighted by molar-refractivity contribution is 7.51. The number of aromatic nitrogens is 1. The second-order valence-corrected chi connectivity index (χ2v) is 13.8. The number of ether oxygens (including phenoxy) is 2.